The minimum absolute atomic E-state index is 0.00691. The van der Waals surface area contributed by atoms with E-state index in [1.807, 2.05) is 67.6 Å². The molecule has 3 atom stereocenters. The molecule has 1 fully saturated rings. The van der Waals surface area contributed by atoms with Crippen LogP contribution in [0.5, 0.6) is 0 Å². The molecule has 1 aliphatic rings. The fourth-order valence-electron chi connectivity index (χ4n) is 5.10. The molecule has 5 rings (SSSR count). The van der Waals surface area contributed by atoms with E-state index in [1.54, 1.807) is 23.1 Å². The Morgan fingerprint density at radius 3 is 2.42 bits per heavy atom. The van der Waals surface area contributed by atoms with Gasteiger partial charge in [-0.05, 0) is 59.7 Å². The number of unbranched alkanes of at least 4 members (excludes halogenated alkanes) is 1. The number of carbonyl (C=O) groups excluding carboxylic acids is 1. The van der Waals surface area contributed by atoms with Gasteiger partial charge in [0.05, 0.1) is 18.8 Å². The van der Waals surface area contributed by atoms with Crippen molar-refractivity contribution in [2.24, 2.45) is 0 Å². The molecule has 1 aliphatic heterocycles. The van der Waals surface area contributed by atoms with Crippen LogP contribution in [0.1, 0.15) is 71.8 Å². The summed E-state index contributed by atoms with van der Waals surface area (Å²) in [6.07, 6.45) is 1.27. The van der Waals surface area contributed by atoms with Crippen LogP contribution in [-0.4, -0.2) is 44.1 Å². The van der Waals surface area contributed by atoms with Gasteiger partial charge in [-0.2, -0.15) is 0 Å². The summed E-state index contributed by atoms with van der Waals surface area (Å²) in [6.45, 7) is 2.33. The Bertz CT molecular complexity index is 1580. The van der Waals surface area contributed by atoms with E-state index < -0.39 is 12.3 Å². The number of hydrogen-bond acceptors (Lipinski definition) is 9. The van der Waals surface area contributed by atoms with Gasteiger partial charge in [0, 0.05) is 37.1 Å². The van der Waals surface area contributed by atoms with Crippen molar-refractivity contribution in [1.82, 2.24) is 15.5 Å². The largest absolute Gasteiger partial charge is 0.481 e. The molecule has 1 saturated heterocycles. The van der Waals surface area contributed by atoms with Gasteiger partial charge < -0.3 is 25.0 Å². The van der Waals surface area contributed by atoms with Crippen molar-refractivity contribution in [3.05, 3.63) is 100 Å². The van der Waals surface area contributed by atoms with E-state index in [-0.39, 0.29) is 31.1 Å². The van der Waals surface area contributed by atoms with Crippen LogP contribution < -0.4 is 5.32 Å². The number of aliphatic hydroxyl groups is 1. The lowest BCUT2D eigenvalue weighted by molar-refractivity contribution is -0.245. The number of ether oxygens (including phenoxy) is 2. The number of rotatable bonds is 14. The van der Waals surface area contributed by atoms with E-state index in [1.165, 1.54) is 0 Å². The number of amides is 1. The summed E-state index contributed by atoms with van der Waals surface area (Å²) in [7, 11) is 0. The normalized spacial score (nSPS) is 18.0. The maximum absolute atomic E-state index is 12.2. The molecule has 1 aromatic heterocycles. The molecule has 3 aromatic carbocycles. The second kappa shape index (κ2) is 16.1. The number of nitrogens with one attached hydrogen (secondary N) is 1. The fourth-order valence-corrected chi connectivity index (χ4v) is 6.96. The summed E-state index contributed by atoms with van der Waals surface area (Å²) in [5.74, 6) is -0.217. The van der Waals surface area contributed by atoms with E-state index in [9.17, 15) is 14.7 Å². The van der Waals surface area contributed by atoms with Gasteiger partial charge in [-0.25, -0.2) is 0 Å². The average molecular weight is 648 g/mol. The molecule has 11 heteroatoms. The number of aromatic nitrogens is 2. The third kappa shape index (κ3) is 9.69. The monoisotopic (exact) mass is 647 g/mol. The Hall–Kier alpha value is -3.61. The number of carboxylic acid groups (broad SMARTS) is 1. The van der Waals surface area contributed by atoms with Crippen molar-refractivity contribution < 1.29 is 29.3 Å². The highest BCUT2D eigenvalue weighted by molar-refractivity contribution is 8.01. The molecule has 2 heterocycles. The van der Waals surface area contributed by atoms with Gasteiger partial charge in [-0.3, -0.25) is 9.59 Å². The molecule has 3 N–H and O–H groups in total. The standard InChI is InChI=1S/C34H37N3O6S2/c1-22-36-37-34(45-22)44-21-29-18-30(25-14-12-23(20-38)13-15-25)43-33(42-29)28-9-5-8-27(17-28)26-7-4-6-24(16-26)19-35-31(39)10-2-3-11-32(40)41/h4-9,12-17,29-30,33,38H,2-3,10-11,18-21H2,1H3,(H,35,39)(H,40,41)/t29-,30+,33+/m0/s1. The molecule has 1 amide bonds. The van der Waals surface area contributed by atoms with E-state index >= 15 is 0 Å². The number of thioether (sulfide) groups is 1. The third-order valence-corrected chi connectivity index (χ3v) is 9.57. The van der Waals surface area contributed by atoms with Crippen LogP contribution in [0.3, 0.4) is 0 Å². The predicted molar refractivity (Wildman–Crippen MR) is 174 cm³/mol. The SMILES string of the molecule is Cc1nnc(SC[C@@H]2C[C@H](c3ccc(CO)cc3)O[C@H](c3cccc(-c4cccc(CNC(=O)CCCCC(=O)O)c4)c3)O2)s1. The van der Waals surface area contributed by atoms with Crippen LogP contribution in [-0.2, 0) is 32.2 Å². The number of benzene rings is 3. The molecule has 0 unspecified atom stereocenters. The van der Waals surface area contributed by atoms with Crippen LogP contribution in [0.4, 0.5) is 0 Å². The number of aryl methyl sites for hydroxylation is 1. The zero-order valence-electron chi connectivity index (χ0n) is 25.1. The van der Waals surface area contributed by atoms with Gasteiger partial charge in [0.25, 0.3) is 0 Å². The van der Waals surface area contributed by atoms with Gasteiger partial charge in [0.15, 0.2) is 10.6 Å². The van der Waals surface area contributed by atoms with Crippen LogP contribution in [0.15, 0.2) is 77.1 Å². The van der Waals surface area contributed by atoms with Gasteiger partial charge in [0.2, 0.25) is 5.91 Å². The van der Waals surface area contributed by atoms with Crippen LogP contribution in [0.25, 0.3) is 11.1 Å². The number of carbonyl (C=O) groups is 2. The molecule has 4 aromatic rings. The molecular weight excluding hydrogens is 611 g/mol. The maximum atomic E-state index is 12.2. The third-order valence-electron chi connectivity index (χ3n) is 7.47. The number of hydrogen-bond donors (Lipinski definition) is 3. The topological polar surface area (TPSA) is 131 Å². The second-order valence-electron chi connectivity index (χ2n) is 11.0. The predicted octanol–water partition coefficient (Wildman–Crippen LogP) is 6.60. The minimum Gasteiger partial charge on any atom is -0.481 e. The molecule has 236 valence electrons. The van der Waals surface area contributed by atoms with Crippen molar-refractivity contribution in [3.8, 4) is 11.1 Å². The molecular formula is C34H37N3O6S2. The lowest BCUT2D eigenvalue weighted by atomic mass is 9.99. The first-order valence-corrected chi connectivity index (χ1v) is 16.8. The molecule has 45 heavy (non-hydrogen) atoms. The van der Waals surface area contributed by atoms with Crippen LogP contribution in [0, 0.1) is 6.92 Å². The zero-order chi connectivity index (χ0) is 31.6. The van der Waals surface area contributed by atoms with Crippen molar-refractivity contribution in [1.29, 1.82) is 0 Å². The number of carboxylic acids is 1. The number of aliphatic hydroxyl groups excluding tert-OH is 1. The number of nitrogens with zero attached hydrogens (tertiary/aromatic N) is 2. The Morgan fingerprint density at radius 2 is 1.69 bits per heavy atom. The van der Waals surface area contributed by atoms with Crippen LogP contribution in [0.2, 0.25) is 0 Å². The number of aliphatic carboxylic acids is 1. The highest BCUT2D eigenvalue weighted by Crippen LogP contribution is 2.40. The first-order chi connectivity index (χ1) is 21.9. The minimum atomic E-state index is -0.843. The summed E-state index contributed by atoms with van der Waals surface area (Å²) in [4.78, 5) is 22.9. The molecule has 0 spiro atoms. The van der Waals surface area contributed by atoms with Crippen molar-refractivity contribution in [2.45, 2.75) is 75.0 Å². The fraction of sp³-hybridized carbons (Fsp3) is 0.353. The molecule has 0 aliphatic carbocycles. The summed E-state index contributed by atoms with van der Waals surface area (Å²) in [5, 5.41) is 30.5. The first-order valence-electron chi connectivity index (χ1n) is 15.0. The lowest BCUT2D eigenvalue weighted by Crippen LogP contribution is -2.31. The first kappa shape index (κ1) is 32.8. The van der Waals surface area contributed by atoms with E-state index in [2.05, 4.69) is 27.6 Å². The van der Waals surface area contributed by atoms with Gasteiger partial charge in [0.1, 0.15) is 5.01 Å². The Labute approximate surface area is 271 Å². The average Bonchev–Trinajstić information content (AvgIpc) is 3.49. The zero-order valence-corrected chi connectivity index (χ0v) is 26.7. The summed E-state index contributed by atoms with van der Waals surface area (Å²) >= 11 is 3.21. The smallest absolute Gasteiger partial charge is 0.303 e. The highest BCUT2D eigenvalue weighted by atomic mass is 32.2. The Morgan fingerprint density at radius 1 is 0.933 bits per heavy atom. The van der Waals surface area contributed by atoms with E-state index in [4.69, 9.17) is 14.6 Å². The summed E-state index contributed by atoms with van der Waals surface area (Å²) in [6, 6.07) is 24.0. The lowest BCUT2D eigenvalue weighted by Gasteiger charge is -2.36. The molecule has 0 radical (unpaired) electrons. The van der Waals surface area contributed by atoms with Crippen LogP contribution >= 0.6 is 23.1 Å². The van der Waals surface area contributed by atoms with Gasteiger partial charge >= 0.3 is 5.97 Å². The molecule has 9 nitrogen and oxygen atoms in total. The second-order valence-corrected chi connectivity index (χ2v) is 13.4. The Balaban J connectivity index is 1.28. The van der Waals surface area contributed by atoms with Crippen molar-refractivity contribution >= 4 is 35.0 Å². The van der Waals surface area contributed by atoms with E-state index in [0.717, 1.165) is 42.7 Å². The molecule has 0 bridgehead atoms. The maximum Gasteiger partial charge on any atom is 0.303 e. The highest BCUT2D eigenvalue weighted by Gasteiger charge is 2.32. The molecule has 0 saturated carbocycles. The van der Waals surface area contributed by atoms with Crippen molar-refractivity contribution in [2.75, 3.05) is 5.75 Å². The summed E-state index contributed by atoms with van der Waals surface area (Å²) < 4.78 is 14.0. The summed E-state index contributed by atoms with van der Waals surface area (Å²) in [5.41, 5.74) is 5.78. The van der Waals surface area contributed by atoms with Gasteiger partial charge in [-0.15, -0.1) is 10.2 Å². The van der Waals surface area contributed by atoms with Gasteiger partial charge in [-0.1, -0.05) is 83.8 Å². The quantitative estimate of drug-likeness (QED) is 0.102. The van der Waals surface area contributed by atoms with Crippen molar-refractivity contribution in [3.63, 3.8) is 0 Å². The Kier molecular flexibility index (Phi) is 11.7. The van der Waals surface area contributed by atoms with E-state index in [0.29, 0.717) is 38.0 Å².